The maximum atomic E-state index is 12.4. The molecule has 1 saturated heterocycles. The molecule has 26 heavy (non-hydrogen) atoms. The van der Waals surface area contributed by atoms with Gasteiger partial charge in [0.1, 0.15) is 10.9 Å². The predicted octanol–water partition coefficient (Wildman–Crippen LogP) is 3.81. The fourth-order valence-electron chi connectivity index (χ4n) is 2.19. The van der Waals surface area contributed by atoms with Crippen LogP contribution in [-0.4, -0.2) is 45.5 Å². The van der Waals surface area contributed by atoms with Gasteiger partial charge >= 0.3 is 5.97 Å². The molecule has 0 aromatic heterocycles. The highest BCUT2D eigenvalue weighted by molar-refractivity contribution is 8.26. The molecule has 9 heteroatoms. The van der Waals surface area contributed by atoms with Crippen molar-refractivity contribution in [2.24, 2.45) is 0 Å². The normalized spacial score (nSPS) is 15.9. The average Bonchev–Trinajstić information content (AvgIpc) is 2.78. The van der Waals surface area contributed by atoms with Gasteiger partial charge in [-0.3, -0.25) is 14.5 Å². The number of amides is 1. The largest absolute Gasteiger partial charge is 0.490 e. The molecule has 1 aliphatic rings. The molecule has 0 bridgehead atoms. The molecule has 1 amide bonds. The van der Waals surface area contributed by atoms with Gasteiger partial charge < -0.3 is 14.6 Å². The molecule has 1 aliphatic heterocycles. The summed E-state index contributed by atoms with van der Waals surface area (Å²) in [6.07, 6.45) is 1.52. The minimum atomic E-state index is -1.13. The first-order chi connectivity index (χ1) is 12.2. The van der Waals surface area contributed by atoms with Crippen LogP contribution < -0.4 is 9.47 Å². The zero-order valence-corrected chi connectivity index (χ0v) is 16.8. The molecule has 0 unspecified atom stereocenters. The van der Waals surface area contributed by atoms with Crippen LogP contribution in [0.4, 0.5) is 0 Å². The minimum Gasteiger partial charge on any atom is -0.490 e. The van der Waals surface area contributed by atoms with Gasteiger partial charge in [0, 0.05) is 6.07 Å². The lowest BCUT2D eigenvalue weighted by Crippen LogP contribution is -2.33. The Morgan fingerprint density at radius 1 is 1.42 bits per heavy atom. The summed E-state index contributed by atoms with van der Waals surface area (Å²) in [5.74, 6) is -0.561. The Hall–Kier alpha value is -1.77. The van der Waals surface area contributed by atoms with Gasteiger partial charge in [0.25, 0.3) is 5.91 Å². The minimum absolute atomic E-state index is 0.0524. The number of rotatable bonds is 7. The standard InChI is InChI=1S/C17H18ClNO5S2/c1-4-23-12-5-10(11(18)7-13(12)24-9(2)3)6-14-16(22)19(8-15(20)21)17(25)26-14/h5-7,9H,4,8H2,1-3H3,(H,20,21)/b14-6+. The van der Waals surface area contributed by atoms with Crippen molar-refractivity contribution in [1.82, 2.24) is 4.90 Å². The third-order valence-electron chi connectivity index (χ3n) is 3.18. The third-order valence-corrected chi connectivity index (χ3v) is 4.88. The second kappa shape index (κ2) is 8.75. The van der Waals surface area contributed by atoms with E-state index in [-0.39, 0.29) is 10.4 Å². The van der Waals surface area contributed by atoms with Crippen LogP contribution in [-0.2, 0) is 9.59 Å². The molecule has 1 N–H and O–H groups in total. The highest BCUT2D eigenvalue weighted by Crippen LogP contribution is 2.38. The molecule has 1 aromatic carbocycles. The van der Waals surface area contributed by atoms with E-state index in [1.807, 2.05) is 20.8 Å². The SMILES string of the molecule is CCOc1cc(/C=C2/SC(=S)N(CC(=O)O)C2=O)c(Cl)cc1OC(C)C. The van der Waals surface area contributed by atoms with E-state index in [2.05, 4.69) is 0 Å². The summed E-state index contributed by atoms with van der Waals surface area (Å²) in [5.41, 5.74) is 0.557. The monoisotopic (exact) mass is 415 g/mol. The van der Waals surface area contributed by atoms with Crippen LogP contribution in [0, 0.1) is 0 Å². The number of hydrogen-bond donors (Lipinski definition) is 1. The maximum absolute atomic E-state index is 12.4. The number of carbonyl (C=O) groups is 2. The number of aliphatic carboxylic acids is 1. The Bertz CT molecular complexity index is 779. The summed E-state index contributed by atoms with van der Waals surface area (Å²) in [7, 11) is 0. The maximum Gasteiger partial charge on any atom is 0.323 e. The summed E-state index contributed by atoms with van der Waals surface area (Å²) in [4.78, 5) is 24.6. The molecule has 2 rings (SSSR count). The van der Waals surface area contributed by atoms with E-state index >= 15 is 0 Å². The fourth-order valence-corrected chi connectivity index (χ4v) is 3.64. The van der Waals surface area contributed by atoms with E-state index in [4.69, 9.17) is 38.4 Å². The van der Waals surface area contributed by atoms with Crippen LogP contribution in [0.2, 0.25) is 5.02 Å². The van der Waals surface area contributed by atoms with Crippen molar-refractivity contribution in [2.45, 2.75) is 26.9 Å². The van der Waals surface area contributed by atoms with Crippen LogP contribution in [0.5, 0.6) is 11.5 Å². The third kappa shape index (κ3) is 4.90. The van der Waals surface area contributed by atoms with Crippen molar-refractivity contribution in [3.63, 3.8) is 0 Å². The predicted molar refractivity (Wildman–Crippen MR) is 106 cm³/mol. The lowest BCUT2D eigenvalue weighted by Gasteiger charge is -2.16. The van der Waals surface area contributed by atoms with E-state index in [1.165, 1.54) is 0 Å². The summed E-state index contributed by atoms with van der Waals surface area (Å²) in [6.45, 7) is 5.61. The molecule has 0 spiro atoms. The molecule has 140 valence electrons. The number of nitrogens with zero attached hydrogens (tertiary/aromatic N) is 1. The topological polar surface area (TPSA) is 76.1 Å². The Balaban J connectivity index is 2.38. The van der Waals surface area contributed by atoms with E-state index in [0.29, 0.717) is 33.6 Å². The lowest BCUT2D eigenvalue weighted by atomic mass is 10.1. The van der Waals surface area contributed by atoms with Gasteiger partial charge in [0.05, 0.1) is 22.6 Å². The molecule has 0 radical (unpaired) electrons. The van der Waals surface area contributed by atoms with Gasteiger partial charge in [-0.25, -0.2) is 0 Å². The van der Waals surface area contributed by atoms with Crippen molar-refractivity contribution in [3.05, 3.63) is 27.6 Å². The van der Waals surface area contributed by atoms with Gasteiger partial charge in [-0.2, -0.15) is 0 Å². The van der Waals surface area contributed by atoms with Gasteiger partial charge in [-0.15, -0.1) is 0 Å². The molecule has 0 atom stereocenters. The van der Waals surface area contributed by atoms with Crippen molar-refractivity contribution < 1.29 is 24.2 Å². The Labute approximate surface area is 166 Å². The number of ether oxygens (including phenoxy) is 2. The summed E-state index contributed by atoms with van der Waals surface area (Å²) in [6, 6.07) is 3.32. The number of hydrogen-bond acceptors (Lipinski definition) is 6. The number of thioether (sulfide) groups is 1. The molecule has 1 fully saturated rings. The summed E-state index contributed by atoms with van der Waals surface area (Å²) < 4.78 is 11.5. The van der Waals surface area contributed by atoms with E-state index in [0.717, 1.165) is 16.7 Å². The molecular weight excluding hydrogens is 398 g/mol. The molecule has 6 nitrogen and oxygen atoms in total. The van der Waals surface area contributed by atoms with Crippen LogP contribution in [0.1, 0.15) is 26.3 Å². The number of carboxylic acids is 1. The molecule has 1 heterocycles. The zero-order chi connectivity index (χ0) is 19.4. The first-order valence-corrected chi connectivity index (χ1v) is 9.43. The quantitative estimate of drug-likeness (QED) is 0.536. The lowest BCUT2D eigenvalue weighted by molar-refractivity contribution is -0.140. The van der Waals surface area contributed by atoms with Crippen LogP contribution in [0.3, 0.4) is 0 Å². The molecule has 0 saturated carbocycles. The van der Waals surface area contributed by atoms with Crippen molar-refractivity contribution in [1.29, 1.82) is 0 Å². The summed E-state index contributed by atoms with van der Waals surface area (Å²) >= 11 is 12.4. The Morgan fingerprint density at radius 3 is 2.69 bits per heavy atom. The summed E-state index contributed by atoms with van der Waals surface area (Å²) in [5, 5.41) is 9.28. The highest BCUT2D eigenvalue weighted by Gasteiger charge is 2.33. The van der Waals surface area contributed by atoms with Crippen LogP contribution in [0.25, 0.3) is 6.08 Å². The molecule has 0 aliphatic carbocycles. The number of carbonyl (C=O) groups excluding carboxylic acids is 1. The Morgan fingerprint density at radius 2 is 2.12 bits per heavy atom. The van der Waals surface area contributed by atoms with Gasteiger partial charge in [0.2, 0.25) is 0 Å². The van der Waals surface area contributed by atoms with Crippen molar-refractivity contribution in [3.8, 4) is 11.5 Å². The first-order valence-electron chi connectivity index (χ1n) is 7.83. The van der Waals surface area contributed by atoms with Crippen molar-refractivity contribution in [2.75, 3.05) is 13.2 Å². The number of benzene rings is 1. The van der Waals surface area contributed by atoms with E-state index in [1.54, 1.807) is 18.2 Å². The number of thiocarbonyl (C=S) groups is 1. The molecular formula is C17H18ClNO5S2. The van der Waals surface area contributed by atoms with Crippen LogP contribution >= 0.6 is 35.6 Å². The van der Waals surface area contributed by atoms with Crippen LogP contribution in [0.15, 0.2) is 17.0 Å². The second-order valence-corrected chi connectivity index (χ2v) is 7.66. The second-order valence-electron chi connectivity index (χ2n) is 5.58. The fraction of sp³-hybridized carbons (Fsp3) is 0.353. The average molecular weight is 416 g/mol. The Kier molecular flexibility index (Phi) is 6.91. The van der Waals surface area contributed by atoms with E-state index in [9.17, 15) is 9.59 Å². The zero-order valence-electron chi connectivity index (χ0n) is 14.4. The van der Waals surface area contributed by atoms with Crippen molar-refractivity contribution >= 4 is 57.9 Å². The van der Waals surface area contributed by atoms with Gasteiger partial charge in [-0.1, -0.05) is 35.6 Å². The number of halogens is 1. The highest BCUT2D eigenvalue weighted by atomic mass is 35.5. The van der Waals surface area contributed by atoms with Gasteiger partial charge in [0.15, 0.2) is 11.5 Å². The first kappa shape index (κ1) is 20.5. The smallest absolute Gasteiger partial charge is 0.323 e. The molecule has 1 aromatic rings. The number of carboxylic acid groups (broad SMARTS) is 1. The van der Waals surface area contributed by atoms with Gasteiger partial charge in [-0.05, 0) is 38.5 Å². The van der Waals surface area contributed by atoms with E-state index < -0.39 is 18.4 Å².